The van der Waals surface area contributed by atoms with E-state index in [1.807, 2.05) is 24.3 Å². The molecule has 4 rings (SSSR count). The third-order valence-corrected chi connectivity index (χ3v) is 5.33. The molecule has 0 N–H and O–H groups in total. The van der Waals surface area contributed by atoms with Gasteiger partial charge in [-0.25, -0.2) is 4.39 Å². The molecule has 0 saturated carbocycles. The number of amides is 1. The first kappa shape index (κ1) is 18.5. The zero-order valence-electron chi connectivity index (χ0n) is 15.5. The second kappa shape index (κ2) is 7.64. The highest BCUT2D eigenvalue weighted by Crippen LogP contribution is 2.27. The van der Waals surface area contributed by atoms with Gasteiger partial charge in [-0.05, 0) is 30.3 Å². The molecule has 144 valence electrons. The largest absolute Gasteiger partial charge is 0.367 e. The third kappa shape index (κ3) is 3.47. The maximum absolute atomic E-state index is 14.0. The van der Waals surface area contributed by atoms with Gasteiger partial charge in [-0.3, -0.25) is 9.48 Å². The van der Waals surface area contributed by atoms with Crippen LogP contribution in [0.15, 0.2) is 54.6 Å². The Morgan fingerprint density at radius 2 is 1.71 bits per heavy atom. The van der Waals surface area contributed by atoms with Crippen molar-refractivity contribution in [1.29, 1.82) is 0 Å². The average molecular weight is 399 g/mol. The van der Waals surface area contributed by atoms with Crippen LogP contribution in [0.2, 0.25) is 5.02 Å². The Balaban J connectivity index is 1.49. The fourth-order valence-electron chi connectivity index (χ4n) is 3.49. The molecule has 0 bridgehead atoms. The third-order valence-electron chi connectivity index (χ3n) is 5.01. The van der Waals surface area contributed by atoms with Crippen LogP contribution in [0.3, 0.4) is 0 Å². The van der Waals surface area contributed by atoms with Crippen molar-refractivity contribution in [3.63, 3.8) is 0 Å². The van der Waals surface area contributed by atoms with Crippen LogP contribution in [0.4, 0.5) is 10.1 Å². The Bertz CT molecular complexity index is 1010. The van der Waals surface area contributed by atoms with Crippen molar-refractivity contribution in [1.82, 2.24) is 14.7 Å². The fraction of sp³-hybridized carbons (Fsp3) is 0.238. The number of piperazine rings is 1. The molecule has 0 aliphatic carbocycles. The van der Waals surface area contributed by atoms with Gasteiger partial charge >= 0.3 is 0 Å². The lowest BCUT2D eigenvalue weighted by atomic mass is 10.1. The number of nitrogens with zero attached hydrogens (tertiary/aromatic N) is 4. The van der Waals surface area contributed by atoms with Crippen molar-refractivity contribution in [3.8, 4) is 11.3 Å². The zero-order valence-corrected chi connectivity index (χ0v) is 16.2. The van der Waals surface area contributed by atoms with Crippen LogP contribution >= 0.6 is 11.6 Å². The van der Waals surface area contributed by atoms with Crippen LogP contribution in [-0.4, -0.2) is 46.8 Å². The van der Waals surface area contributed by atoms with Crippen molar-refractivity contribution in [2.45, 2.75) is 0 Å². The van der Waals surface area contributed by atoms with Gasteiger partial charge in [0.15, 0.2) is 0 Å². The number of rotatable bonds is 3. The second-order valence-corrected chi connectivity index (χ2v) is 7.16. The van der Waals surface area contributed by atoms with Crippen molar-refractivity contribution in [3.05, 3.63) is 71.1 Å². The average Bonchev–Trinajstić information content (AvgIpc) is 3.10. The lowest BCUT2D eigenvalue weighted by Gasteiger charge is -2.36. The van der Waals surface area contributed by atoms with Gasteiger partial charge in [0.1, 0.15) is 11.5 Å². The number of benzene rings is 2. The quantitative estimate of drug-likeness (QED) is 0.673. The van der Waals surface area contributed by atoms with Crippen LogP contribution in [0, 0.1) is 5.82 Å². The number of anilines is 1. The Morgan fingerprint density at radius 3 is 2.43 bits per heavy atom. The van der Waals surface area contributed by atoms with Crippen molar-refractivity contribution < 1.29 is 9.18 Å². The van der Waals surface area contributed by atoms with Crippen molar-refractivity contribution in [2.75, 3.05) is 31.1 Å². The molecule has 1 aliphatic heterocycles. The lowest BCUT2D eigenvalue weighted by molar-refractivity contribution is 0.0735. The maximum Gasteiger partial charge on any atom is 0.272 e. The van der Waals surface area contributed by atoms with Gasteiger partial charge in [0.05, 0.1) is 16.4 Å². The summed E-state index contributed by atoms with van der Waals surface area (Å²) in [6.45, 7) is 2.58. The number of aromatic nitrogens is 2. The van der Waals surface area contributed by atoms with Gasteiger partial charge < -0.3 is 9.80 Å². The van der Waals surface area contributed by atoms with E-state index < -0.39 is 0 Å². The molecule has 28 heavy (non-hydrogen) atoms. The van der Waals surface area contributed by atoms with Crippen LogP contribution in [0.5, 0.6) is 0 Å². The number of carbonyl (C=O) groups excluding carboxylic acids is 1. The summed E-state index contributed by atoms with van der Waals surface area (Å²) in [6.07, 6.45) is 0. The zero-order chi connectivity index (χ0) is 19.7. The number of hydrogen-bond acceptors (Lipinski definition) is 3. The summed E-state index contributed by atoms with van der Waals surface area (Å²) in [5.41, 5.74) is 2.28. The number of carbonyl (C=O) groups is 1. The molecular weight excluding hydrogens is 379 g/mol. The van der Waals surface area contributed by atoms with Gasteiger partial charge in [-0.2, -0.15) is 5.10 Å². The van der Waals surface area contributed by atoms with E-state index in [2.05, 4.69) is 10.00 Å². The minimum Gasteiger partial charge on any atom is -0.367 e. The highest BCUT2D eigenvalue weighted by Gasteiger charge is 2.26. The minimum atomic E-state index is -0.354. The summed E-state index contributed by atoms with van der Waals surface area (Å²) in [5.74, 6) is -0.454. The molecule has 1 aromatic heterocycles. The van der Waals surface area contributed by atoms with Gasteiger partial charge in [0.2, 0.25) is 0 Å². The summed E-state index contributed by atoms with van der Waals surface area (Å²) >= 11 is 6.28. The number of halogens is 2. The molecular formula is C21H20ClFN4O. The van der Waals surface area contributed by atoms with Crippen LogP contribution in [-0.2, 0) is 7.05 Å². The number of hydrogen-bond donors (Lipinski definition) is 0. The summed E-state index contributed by atoms with van der Waals surface area (Å²) in [4.78, 5) is 17.0. The van der Waals surface area contributed by atoms with Gasteiger partial charge in [-0.15, -0.1) is 0 Å². The SMILES string of the molecule is Cn1nc(-c2ccccc2F)cc1C(=O)N1CCN(c2ccccc2Cl)CC1. The molecule has 0 atom stereocenters. The molecule has 1 aliphatic rings. The topological polar surface area (TPSA) is 41.4 Å². The first-order valence-corrected chi connectivity index (χ1v) is 9.50. The fourth-order valence-corrected chi connectivity index (χ4v) is 3.74. The molecule has 1 amide bonds. The van der Waals surface area contributed by atoms with Crippen LogP contribution in [0.1, 0.15) is 10.5 Å². The summed E-state index contributed by atoms with van der Waals surface area (Å²) in [6, 6.07) is 15.8. The second-order valence-electron chi connectivity index (χ2n) is 6.75. The molecule has 7 heteroatoms. The highest BCUT2D eigenvalue weighted by molar-refractivity contribution is 6.33. The van der Waals surface area contributed by atoms with Gasteiger partial charge in [0.25, 0.3) is 5.91 Å². The Hall–Kier alpha value is -2.86. The molecule has 3 aromatic rings. The van der Waals surface area contributed by atoms with E-state index in [4.69, 9.17) is 11.6 Å². The molecule has 0 radical (unpaired) electrons. The summed E-state index contributed by atoms with van der Waals surface area (Å²) in [5, 5.41) is 5.04. The van der Waals surface area contributed by atoms with Gasteiger partial charge in [-0.1, -0.05) is 35.9 Å². The smallest absolute Gasteiger partial charge is 0.272 e. The normalized spacial score (nSPS) is 14.4. The number of aryl methyl sites for hydroxylation is 1. The summed E-state index contributed by atoms with van der Waals surface area (Å²) < 4.78 is 15.6. The summed E-state index contributed by atoms with van der Waals surface area (Å²) in [7, 11) is 1.71. The van der Waals surface area contributed by atoms with E-state index in [0.29, 0.717) is 48.2 Å². The molecule has 0 unspecified atom stereocenters. The van der Waals surface area contributed by atoms with E-state index >= 15 is 0 Å². The molecule has 2 aromatic carbocycles. The van der Waals surface area contributed by atoms with Crippen LogP contribution < -0.4 is 4.90 Å². The lowest BCUT2D eigenvalue weighted by Crippen LogP contribution is -2.49. The van der Waals surface area contributed by atoms with E-state index in [0.717, 1.165) is 5.69 Å². The monoisotopic (exact) mass is 398 g/mol. The standard InChI is InChI=1S/C21H20ClFN4O/c1-25-20(14-18(24-25)15-6-2-4-8-17(15)23)21(28)27-12-10-26(11-13-27)19-9-5-3-7-16(19)22/h2-9,14H,10-13H2,1H3. The number of para-hydroxylation sites is 1. The molecule has 1 saturated heterocycles. The van der Waals surface area contributed by atoms with Crippen molar-refractivity contribution >= 4 is 23.2 Å². The van der Waals surface area contributed by atoms with Gasteiger partial charge in [0, 0.05) is 38.8 Å². The Kier molecular flexibility index (Phi) is 5.05. The van der Waals surface area contributed by atoms with Crippen LogP contribution in [0.25, 0.3) is 11.3 Å². The molecule has 5 nitrogen and oxygen atoms in total. The predicted molar refractivity (Wildman–Crippen MR) is 108 cm³/mol. The first-order valence-electron chi connectivity index (χ1n) is 9.12. The Labute approximate surface area is 167 Å². The predicted octanol–water partition coefficient (Wildman–Crippen LogP) is 3.84. The van der Waals surface area contributed by atoms with E-state index in [1.54, 1.807) is 36.2 Å². The Morgan fingerprint density at radius 1 is 1.04 bits per heavy atom. The minimum absolute atomic E-state index is 0.101. The van der Waals surface area contributed by atoms with E-state index in [1.165, 1.54) is 10.7 Å². The van der Waals surface area contributed by atoms with Crippen molar-refractivity contribution in [2.24, 2.45) is 7.05 Å². The molecule has 1 fully saturated rings. The maximum atomic E-state index is 14.0. The van der Waals surface area contributed by atoms with E-state index in [-0.39, 0.29) is 11.7 Å². The van der Waals surface area contributed by atoms with E-state index in [9.17, 15) is 9.18 Å². The molecule has 0 spiro atoms. The first-order chi connectivity index (χ1) is 13.5. The molecule has 2 heterocycles. The highest BCUT2D eigenvalue weighted by atomic mass is 35.5.